The van der Waals surface area contributed by atoms with Crippen LogP contribution >= 0.6 is 0 Å². The quantitative estimate of drug-likeness (QED) is 0.0761. The summed E-state index contributed by atoms with van der Waals surface area (Å²) in [6, 6.07) is 30.2. The van der Waals surface area contributed by atoms with Gasteiger partial charge in [-0.05, 0) is 88.0 Å². The Morgan fingerprint density at radius 2 is 1.59 bits per heavy atom. The molecule has 1 fully saturated rings. The molecule has 0 unspecified atom stereocenters. The van der Waals surface area contributed by atoms with E-state index in [2.05, 4.69) is 45.0 Å². The number of nitrogens with zero attached hydrogens (tertiary/aromatic N) is 1. The smallest absolute Gasteiger partial charge is 0.488 e. The molecule has 4 aromatic carbocycles. The molecule has 6 rings (SSSR count). The van der Waals surface area contributed by atoms with E-state index < -0.39 is 69.3 Å². The first-order valence-corrected chi connectivity index (χ1v) is 20.8. The van der Waals surface area contributed by atoms with Gasteiger partial charge in [0, 0.05) is 5.92 Å². The molecule has 1 aliphatic carbocycles. The molecule has 2 amide bonds. The molecule has 5 N–H and O–H groups in total. The van der Waals surface area contributed by atoms with Gasteiger partial charge in [-0.1, -0.05) is 111 Å². The number of hydrogen-bond acceptors (Lipinski definition) is 8. The van der Waals surface area contributed by atoms with Crippen LogP contribution in [-0.4, -0.2) is 71.9 Å². The number of benzene rings is 4. The number of halogens is 1. The number of phenolic OH excluding ortho intramolecular Hbond substituents is 1. The molecule has 2 aliphatic rings. The Morgan fingerprint density at radius 3 is 2.16 bits per heavy atom. The van der Waals surface area contributed by atoms with Crippen molar-refractivity contribution >= 4 is 54.8 Å². The van der Waals surface area contributed by atoms with Gasteiger partial charge in [-0.15, -0.1) is 0 Å². The number of phenols is 1. The Balaban J connectivity index is 1.42. The summed E-state index contributed by atoms with van der Waals surface area (Å²) in [5.41, 5.74) is 2.80. The second-order valence-corrected chi connectivity index (χ2v) is 20.2. The molecule has 0 radical (unpaired) electrons. The predicted octanol–water partition coefficient (Wildman–Crippen LogP) is 4.45. The summed E-state index contributed by atoms with van der Waals surface area (Å²) in [5.74, 6) is -4.95. The SMILES string of the molecule is C/C(=C\c1ccc(O)c(F)c1)CC[C@@H](O)C1=C(CO[Si](c2ccccc2)(c2ccccc2)C(C)(C)C)C[C@H]2C(=O)N(c3cccc(B(O)O)c3)C(=O)[C@H]2[C@H]1CO. The fourth-order valence-electron chi connectivity index (χ4n) is 8.62. The monoisotopic (exact) mass is 777 g/mol. The molecular weight excluding hydrogens is 728 g/mol. The van der Waals surface area contributed by atoms with Gasteiger partial charge >= 0.3 is 7.12 Å². The van der Waals surface area contributed by atoms with E-state index in [0.29, 0.717) is 23.1 Å². The lowest BCUT2D eigenvalue weighted by atomic mass is 9.68. The zero-order chi connectivity index (χ0) is 40.4. The average Bonchev–Trinajstić information content (AvgIpc) is 3.43. The Morgan fingerprint density at radius 1 is 0.946 bits per heavy atom. The number of rotatable bonds is 13. The highest BCUT2D eigenvalue weighted by molar-refractivity contribution is 6.99. The third kappa shape index (κ3) is 7.95. The van der Waals surface area contributed by atoms with Gasteiger partial charge in [0.1, 0.15) is 0 Å². The Labute approximate surface area is 328 Å². The third-order valence-electron chi connectivity index (χ3n) is 11.2. The Kier molecular flexibility index (Phi) is 12.3. The normalized spacial score (nSPS) is 19.7. The highest BCUT2D eigenvalue weighted by atomic mass is 28.4. The number of amides is 2. The number of aliphatic hydroxyl groups is 2. The van der Waals surface area contributed by atoms with Crippen LogP contribution in [0.25, 0.3) is 6.08 Å². The van der Waals surface area contributed by atoms with Crippen LogP contribution in [0.1, 0.15) is 52.5 Å². The summed E-state index contributed by atoms with van der Waals surface area (Å²) in [7, 11) is -4.92. The van der Waals surface area contributed by atoms with Crippen LogP contribution in [0.4, 0.5) is 10.1 Å². The van der Waals surface area contributed by atoms with E-state index in [4.69, 9.17) is 4.43 Å². The first-order valence-electron chi connectivity index (χ1n) is 18.9. The fraction of sp³-hybridized carbons (Fsp3) is 0.318. The van der Waals surface area contributed by atoms with Gasteiger partial charge in [-0.2, -0.15) is 0 Å². The fourth-order valence-corrected chi connectivity index (χ4v) is 13.2. The molecular formula is C44H49BFNO8Si. The second-order valence-electron chi connectivity index (χ2n) is 15.9. The first kappa shape index (κ1) is 41.0. The van der Waals surface area contributed by atoms with Gasteiger partial charge < -0.3 is 29.8 Å². The Hall–Kier alpha value is -4.69. The van der Waals surface area contributed by atoms with Crippen LogP contribution in [0.15, 0.2) is 120 Å². The van der Waals surface area contributed by atoms with Crippen LogP contribution in [0.3, 0.4) is 0 Å². The minimum absolute atomic E-state index is 0.0364. The molecule has 0 bridgehead atoms. The summed E-state index contributed by atoms with van der Waals surface area (Å²) in [6.45, 7) is 7.84. The van der Waals surface area contributed by atoms with Gasteiger partial charge in [-0.25, -0.2) is 4.39 Å². The van der Waals surface area contributed by atoms with E-state index in [1.54, 1.807) is 18.2 Å². The average molecular weight is 778 g/mol. The molecule has 4 aromatic rings. The standard InChI is InChI=1S/C44H49BFNO8Si/c1-28(22-29-19-21-38(49)37(46)23-29)18-20-39(50)40-30(27-55-56(44(2,3)4,33-14-7-5-8-15-33)34-16-9-6-10-17-34)24-35-41(36(40)26-48)43(52)47(42(35)51)32-13-11-12-31(25-32)45(53)54/h5-17,19,21-23,25,35-36,39,41,48-50,53-54H,18,20,24,26-27H2,1-4H3/b28-22+/t35-,36+,39-,41-/m1/s1. The van der Waals surface area contributed by atoms with Crippen molar-refractivity contribution in [3.8, 4) is 5.75 Å². The van der Waals surface area contributed by atoms with Crippen molar-refractivity contribution < 1.29 is 43.8 Å². The number of hydrogen-bond donors (Lipinski definition) is 5. The molecule has 4 atom stereocenters. The van der Waals surface area contributed by atoms with Crippen LogP contribution in [-0.2, 0) is 14.0 Å². The molecule has 0 spiro atoms. The minimum atomic E-state index is -3.11. The topological polar surface area (TPSA) is 148 Å². The highest BCUT2D eigenvalue weighted by Crippen LogP contribution is 2.48. The molecule has 0 aromatic heterocycles. The summed E-state index contributed by atoms with van der Waals surface area (Å²) in [4.78, 5) is 29.6. The van der Waals surface area contributed by atoms with E-state index in [1.807, 2.05) is 43.3 Å². The lowest BCUT2D eigenvalue weighted by molar-refractivity contribution is -0.123. The van der Waals surface area contributed by atoms with Crippen molar-refractivity contribution in [1.29, 1.82) is 0 Å². The van der Waals surface area contributed by atoms with Crippen molar-refractivity contribution in [2.45, 2.75) is 58.1 Å². The van der Waals surface area contributed by atoms with Gasteiger partial charge in [0.2, 0.25) is 11.8 Å². The third-order valence-corrected chi connectivity index (χ3v) is 16.2. The van der Waals surface area contributed by atoms with Crippen molar-refractivity contribution in [2.24, 2.45) is 17.8 Å². The summed E-state index contributed by atoms with van der Waals surface area (Å²) >= 11 is 0. The van der Waals surface area contributed by atoms with Gasteiger partial charge in [0.05, 0.1) is 36.8 Å². The van der Waals surface area contributed by atoms with Gasteiger partial charge in [-0.3, -0.25) is 14.5 Å². The number of carbonyl (C=O) groups excluding carboxylic acids is 2. The second kappa shape index (κ2) is 16.8. The number of allylic oxidation sites excluding steroid dienone is 1. The maximum absolute atomic E-state index is 14.3. The van der Waals surface area contributed by atoms with E-state index in [-0.39, 0.29) is 35.6 Å². The molecule has 12 heteroatoms. The highest BCUT2D eigenvalue weighted by Gasteiger charge is 2.56. The lowest BCUT2D eigenvalue weighted by Gasteiger charge is -2.44. The molecule has 1 aliphatic heterocycles. The van der Waals surface area contributed by atoms with Crippen LogP contribution < -0.4 is 20.7 Å². The van der Waals surface area contributed by atoms with Gasteiger partial charge in [0.25, 0.3) is 8.32 Å². The Bertz CT molecular complexity index is 2080. The predicted molar refractivity (Wildman–Crippen MR) is 218 cm³/mol. The van der Waals surface area contributed by atoms with E-state index in [0.717, 1.165) is 20.8 Å². The molecule has 1 saturated heterocycles. The van der Waals surface area contributed by atoms with Crippen molar-refractivity contribution in [3.05, 3.63) is 131 Å². The largest absolute Gasteiger partial charge is 0.505 e. The zero-order valence-corrected chi connectivity index (χ0v) is 33.1. The number of imide groups is 1. The van der Waals surface area contributed by atoms with Crippen molar-refractivity contribution in [2.75, 3.05) is 18.1 Å². The minimum Gasteiger partial charge on any atom is -0.505 e. The lowest BCUT2D eigenvalue weighted by Crippen LogP contribution is -2.66. The van der Waals surface area contributed by atoms with Crippen molar-refractivity contribution in [3.63, 3.8) is 0 Å². The zero-order valence-electron chi connectivity index (χ0n) is 32.1. The van der Waals surface area contributed by atoms with Gasteiger partial charge in [0.15, 0.2) is 11.6 Å². The van der Waals surface area contributed by atoms with E-state index >= 15 is 0 Å². The maximum Gasteiger partial charge on any atom is 0.488 e. The number of aliphatic hydroxyl groups excluding tert-OH is 2. The first-order chi connectivity index (χ1) is 26.7. The molecule has 292 valence electrons. The van der Waals surface area contributed by atoms with Crippen LogP contribution in [0.2, 0.25) is 5.04 Å². The summed E-state index contributed by atoms with van der Waals surface area (Å²) < 4.78 is 21.4. The van der Waals surface area contributed by atoms with E-state index in [1.165, 1.54) is 30.3 Å². The van der Waals surface area contributed by atoms with Crippen molar-refractivity contribution in [1.82, 2.24) is 0 Å². The molecule has 9 nitrogen and oxygen atoms in total. The number of aromatic hydroxyl groups is 1. The molecule has 0 saturated carbocycles. The molecule has 56 heavy (non-hydrogen) atoms. The number of anilines is 1. The van der Waals surface area contributed by atoms with Crippen LogP contribution in [0, 0.1) is 23.6 Å². The number of carbonyl (C=O) groups is 2. The summed E-state index contributed by atoms with van der Waals surface area (Å²) in [5, 5.41) is 54.2. The maximum atomic E-state index is 14.3. The van der Waals surface area contributed by atoms with E-state index in [9.17, 15) is 39.3 Å². The van der Waals surface area contributed by atoms with Crippen LogP contribution in [0.5, 0.6) is 5.75 Å². The molecule has 1 heterocycles. The number of fused-ring (bicyclic) bond motifs is 1. The summed E-state index contributed by atoms with van der Waals surface area (Å²) in [6.07, 6.45) is 1.34.